The van der Waals surface area contributed by atoms with Crippen molar-refractivity contribution < 1.29 is 14.4 Å². The van der Waals surface area contributed by atoms with Gasteiger partial charge in [-0.05, 0) is 47.9 Å². The highest BCUT2D eigenvalue weighted by Gasteiger charge is 2.54. The van der Waals surface area contributed by atoms with Gasteiger partial charge < -0.3 is 4.90 Å². The van der Waals surface area contributed by atoms with Gasteiger partial charge in [0.2, 0.25) is 17.7 Å². The molecule has 2 saturated heterocycles. The Bertz CT molecular complexity index is 1170. The fraction of sp³-hybridized carbons (Fsp3) is 0.333. The number of amides is 3. The monoisotopic (exact) mass is 473 g/mol. The van der Waals surface area contributed by atoms with Gasteiger partial charge in [-0.2, -0.15) is 0 Å². The number of thiophene rings is 1. The van der Waals surface area contributed by atoms with Crippen LogP contribution in [-0.4, -0.2) is 39.1 Å². The SMILES string of the molecule is O=C1C[C@@](CC(=O)N2CCCC[C@@H]2c2cccnc2)(c2ccccc2)C(=O)N1Cc1cccs1. The van der Waals surface area contributed by atoms with Crippen molar-refractivity contribution in [3.63, 3.8) is 0 Å². The van der Waals surface area contributed by atoms with E-state index in [-0.39, 0.29) is 43.1 Å². The van der Waals surface area contributed by atoms with Gasteiger partial charge in [-0.3, -0.25) is 24.3 Å². The molecule has 5 rings (SSSR count). The number of carbonyl (C=O) groups is 3. The Hall–Kier alpha value is -3.32. The smallest absolute Gasteiger partial charge is 0.241 e. The van der Waals surface area contributed by atoms with Crippen LogP contribution in [0, 0.1) is 0 Å². The van der Waals surface area contributed by atoms with Gasteiger partial charge in [-0.15, -0.1) is 11.3 Å². The Balaban J connectivity index is 1.47. The standard InChI is InChI=1S/C27H27N3O3S/c31-24(29-14-5-4-12-23(29)20-8-6-13-28-18-20)16-27(21-9-2-1-3-10-21)17-25(32)30(26(27)33)19-22-11-7-15-34-22/h1-3,6-11,13,15,18,23H,4-5,12,14,16-17,19H2/t23-,27+/m1/s1. The first-order valence-electron chi connectivity index (χ1n) is 11.7. The molecule has 3 amide bonds. The molecule has 2 fully saturated rings. The minimum absolute atomic E-state index is 0.0123. The molecular weight excluding hydrogens is 446 g/mol. The first-order valence-corrected chi connectivity index (χ1v) is 12.6. The number of hydrogen-bond donors (Lipinski definition) is 0. The molecule has 0 N–H and O–H groups in total. The van der Waals surface area contributed by atoms with Gasteiger partial charge in [0.15, 0.2) is 0 Å². The van der Waals surface area contributed by atoms with Gasteiger partial charge in [0.05, 0.1) is 18.0 Å². The average molecular weight is 474 g/mol. The first-order chi connectivity index (χ1) is 16.6. The fourth-order valence-corrected chi connectivity index (χ4v) is 5.94. The Morgan fingerprint density at radius 2 is 1.91 bits per heavy atom. The number of carbonyl (C=O) groups excluding carboxylic acids is 3. The van der Waals surface area contributed by atoms with E-state index < -0.39 is 5.41 Å². The van der Waals surface area contributed by atoms with E-state index in [0.717, 1.165) is 35.3 Å². The lowest BCUT2D eigenvalue weighted by Crippen LogP contribution is -2.45. The molecular formula is C27H27N3O3S. The molecule has 4 heterocycles. The quantitative estimate of drug-likeness (QED) is 0.495. The second-order valence-electron chi connectivity index (χ2n) is 9.05. The number of likely N-dealkylation sites (tertiary alicyclic amines) is 2. The van der Waals surface area contributed by atoms with Crippen molar-refractivity contribution in [2.45, 2.75) is 50.1 Å². The van der Waals surface area contributed by atoms with E-state index in [1.165, 1.54) is 16.2 Å². The highest BCUT2D eigenvalue weighted by atomic mass is 32.1. The van der Waals surface area contributed by atoms with Crippen LogP contribution in [0.3, 0.4) is 0 Å². The van der Waals surface area contributed by atoms with Crippen LogP contribution in [-0.2, 0) is 26.3 Å². The predicted molar refractivity (Wildman–Crippen MR) is 130 cm³/mol. The number of aromatic nitrogens is 1. The molecule has 34 heavy (non-hydrogen) atoms. The van der Waals surface area contributed by atoms with Crippen molar-refractivity contribution >= 4 is 29.1 Å². The van der Waals surface area contributed by atoms with Crippen molar-refractivity contribution in [3.05, 3.63) is 88.4 Å². The second kappa shape index (κ2) is 9.50. The maximum Gasteiger partial charge on any atom is 0.241 e. The van der Waals surface area contributed by atoms with Crippen LogP contribution >= 0.6 is 11.3 Å². The third-order valence-corrected chi connectivity index (χ3v) is 7.84. The summed E-state index contributed by atoms with van der Waals surface area (Å²) in [5.41, 5.74) is 0.562. The minimum atomic E-state index is -1.18. The normalized spacial score (nSPS) is 22.9. The lowest BCUT2D eigenvalue weighted by atomic mass is 9.75. The Morgan fingerprint density at radius 3 is 2.65 bits per heavy atom. The van der Waals surface area contributed by atoms with Gasteiger partial charge in [-0.1, -0.05) is 42.5 Å². The Morgan fingerprint density at radius 1 is 1.06 bits per heavy atom. The van der Waals surface area contributed by atoms with Crippen LogP contribution in [0.5, 0.6) is 0 Å². The number of nitrogens with zero attached hydrogens (tertiary/aromatic N) is 3. The molecule has 0 radical (unpaired) electrons. The predicted octanol–water partition coefficient (Wildman–Crippen LogP) is 4.48. The van der Waals surface area contributed by atoms with Crippen molar-refractivity contribution in [2.24, 2.45) is 0 Å². The molecule has 7 heteroatoms. The number of pyridine rings is 1. The summed E-state index contributed by atoms with van der Waals surface area (Å²) >= 11 is 1.52. The van der Waals surface area contributed by atoms with Crippen molar-refractivity contribution in [1.29, 1.82) is 0 Å². The third kappa shape index (κ3) is 4.16. The summed E-state index contributed by atoms with van der Waals surface area (Å²) in [4.78, 5) is 49.2. The maximum atomic E-state index is 13.9. The molecule has 174 valence electrons. The number of hydrogen-bond acceptors (Lipinski definition) is 5. The number of piperidine rings is 1. The summed E-state index contributed by atoms with van der Waals surface area (Å²) < 4.78 is 0. The van der Waals surface area contributed by atoms with Crippen LogP contribution in [0.2, 0.25) is 0 Å². The van der Waals surface area contributed by atoms with Gasteiger partial charge >= 0.3 is 0 Å². The first kappa shape index (κ1) is 22.5. The zero-order chi connectivity index (χ0) is 23.5. The molecule has 0 bridgehead atoms. The van der Waals surface area contributed by atoms with Crippen LogP contribution in [0.4, 0.5) is 0 Å². The van der Waals surface area contributed by atoms with Gasteiger partial charge in [-0.25, -0.2) is 0 Å². The van der Waals surface area contributed by atoms with E-state index in [4.69, 9.17) is 0 Å². The molecule has 2 aromatic heterocycles. The molecule has 2 aliphatic rings. The lowest BCUT2D eigenvalue weighted by Gasteiger charge is -2.38. The molecule has 2 atom stereocenters. The molecule has 3 aromatic rings. The number of imide groups is 1. The summed E-state index contributed by atoms with van der Waals surface area (Å²) in [7, 11) is 0. The second-order valence-corrected chi connectivity index (χ2v) is 10.1. The maximum absolute atomic E-state index is 13.9. The summed E-state index contributed by atoms with van der Waals surface area (Å²) in [5, 5.41) is 1.93. The zero-order valence-electron chi connectivity index (χ0n) is 18.9. The van der Waals surface area contributed by atoms with Crippen molar-refractivity contribution in [3.8, 4) is 0 Å². The van der Waals surface area contributed by atoms with Gasteiger partial charge in [0, 0.05) is 36.7 Å². The number of rotatable bonds is 6. The molecule has 0 aliphatic carbocycles. The molecule has 0 unspecified atom stereocenters. The summed E-state index contributed by atoms with van der Waals surface area (Å²) in [6.45, 7) is 0.893. The van der Waals surface area contributed by atoms with E-state index in [1.807, 2.05) is 71.1 Å². The minimum Gasteiger partial charge on any atom is -0.336 e. The Kier molecular flexibility index (Phi) is 6.28. The van der Waals surface area contributed by atoms with Gasteiger partial charge in [0.1, 0.15) is 0 Å². The average Bonchev–Trinajstić information content (AvgIpc) is 3.48. The number of benzene rings is 1. The van der Waals surface area contributed by atoms with Gasteiger partial charge in [0.25, 0.3) is 0 Å². The van der Waals surface area contributed by atoms with Crippen LogP contribution < -0.4 is 0 Å². The molecule has 0 saturated carbocycles. The molecule has 6 nitrogen and oxygen atoms in total. The molecule has 1 aromatic carbocycles. The highest BCUT2D eigenvalue weighted by Crippen LogP contribution is 2.42. The molecule has 2 aliphatic heterocycles. The fourth-order valence-electron chi connectivity index (χ4n) is 5.25. The van der Waals surface area contributed by atoms with E-state index >= 15 is 0 Å². The summed E-state index contributed by atoms with van der Waals surface area (Å²) in [6, 6.07) is 17.0. The van der Waals surface area contributed by atoms with Crippen LogP contribution in [0.15, 0.2) is 72.4 Å². The summed E-state index contributed by atoms with van der Waals surface area (Å²) in [5.74, 6) is -0.588. The van der Waals surface area contributed by atoms with Crippen LogP contribution in [0.1, 0.15) is 54.1 Å². The van der Waals surface area contributed by atoms with E-state index in [1.54, 1.807) is 6.20 Å². The van der Waals surface area contributed by atoms with Crippen molar-refractivity contribution in [2.75, 3.05) is 6.54 Å². The van der Waals surface area contributed by atoms with Crippen LogP contribution in [0.25, 0.3) is 0 Å². The zero-order valence-corrected chi connectivity index (χ0v) is 19.7. The van der Waals surface area contributed by atoms with E-state index in [9.17, 15) is 14.4 Å². The van der Waals surface area contributed by atoms with Crippen molar-refractivity contribution in [1.82, 2.24) is 14.8 Å². The molecule has 0 spiro atoms. The lowest BCUT2D eigenvalue weighted by molar-refractivity contribution is -0.144. The topological polar surface area (TPSA) is 70.6 Å². The van der Waals surface area contributed by atoms with E-state index in [0.29, 0.717) is 6.54 Å². The largest absolute Gasteiger partial charge is 0.336 e. The third-order valence-electron chi connectivity index (χ3n) is 6.97. The van der Waals surface area contributed by atoms with E-state index in [2.05, 4.69) is 4.98 Å². The highest BCUT2D eigenvalue weighted by molar-refractivity contribution is 7.09. The Labute approximate surface area is 203 Å². The summed E-state index contributed by atoms with van der Waals surface area (Å²) in [6.07, 6.45) is 6.38.